The van der Waals surface area contributed by atoms with E-state index in [-0.39, 0.29) is 12.5 Å². The first kappa shape index (κ1) is 15.7. The molecule has 0 aliphatic rings. The molecule has 0 spiro atoms. The topological polar surface area (TPSA) is 64.3 Å². The lowest BCUT2D eigenvalue weighted by Crippen LogP contribution is -2.20. The predicted molar refractivity (Wildman–Crippen MR) is 88.9 cm³/mol. The summed E-state index contributed by atoms with van der Waals surface area (Å²) in [5, 5.41) is 3.17. The highest BCUT2D eigenvalue weighted by Gasteiger charge is 2.08. The maximum absolute atomic E-state index is 11.9. The lowest BCUT2D eigenvalue weighted by atomic mass is 10.2. The zero-order valence-corrected chi connectivity index (χ0v) is 13.7. The second-order valence-corrected chi connectivity index (χ2v) is 5.79. The molecule has 6 heteroatoms. The number of ether oxygens (including phenoxy) is 1. The van der Waals surface area contributed by atoms with Gasteiger partial charge in [-0.05, 0) is 58.7 Å². The molecule has 21 heavy (non-hydrogen) atoms. The Balaban J connectivity index is 1.97. The van der Waals surface area contributed by atoms with Crippen molar-refractivity contribution in [1.29, 1.82) is 0 Å². The van der Waals surface area contributed by atoms with Crippen molar-refractivity contribution in [3.8, 4) is 5.75 Å². The molecule has 0 heterocycles. The molecular weight excluding hydrogens is 356 g/mol. The summed E-state index contributed by atoms with van der Waals surface area (Å²) in [4.78, 5) is 11.9. The Labute approximate surface area is 136 Å². The molecular formula is C15H14BrClN2O2. The van der Waals surface area contributed by atoms with Crippen LogP contribution in [-0.2, 0) is 4.79 Å². The molecule has 1 amide bonds. The molecule has 0 radical (unpaired) electrons. The molecule has 0 atom stereocenters. The van der Waals surface area contributed by atoms with Gasteiger partial charge in [0, 0.05) is 5.02 Å². The van der Waals surface area contributed by atoms with Gasteiger partial charge in [-0.25, -0.2) is 0 Å². The maximum Gasteiger partial charge on any atom is 0.262 e. The average molecular weight is 370 g/mol. The molecule has 4 nitrogen and oxygen atoms in total. The van der Waals surface area contributed by atoms with Crippen molar-refractivity contribution in [3.05, 3.63) is 51.5 Å². The van der Waals surface area contributed by atoms with Crippen LogP contribution in [-0.4, -0.2) is 12.5 Å². The predicted octanol–water partition coefficient (Wildman–Crippen LogP) is 4.01. The van der Waals surface area contributed by atoms with Gasteiger partial charge >= 0.3 is 0 Å². The van der Waals surface area contributed by atoms with Gasteiger partial charge in [0.2, 0.25) is 0 Å². The number of rotatable bonds is 4. The van der Waals surface area contributed by atoms with Gasteiger partial charge in [-0.1, -0.05) is 17.7 Å². The molecule has 0 aliphatic carbocycles. The average Bonchev–Trinajstić information content (AvgIpc) is 2.42. The molecule has 0 aliphatic heterocycles. The number of hydrogen-bond acceptors (Lipinski definition) is 3. The molecule has 0 saturated carbocycles. The summed E-state index contributed by atoms with van der Waals surface area (Å²) in [6.07, 6.45) is 0. The number of amides is 1. The molecule has 2 rings (SSSR count). The summed E-state index contributed by atoms with van der Waals surface area (Å²) >= 11 is 9.26. The lowest BCUT2D eigenvalue weighted by Gasteiger charge is -2.11. The van der Waals surface area contributed by atoms with E-state index in [1.54, 1.807) is 24.3 Å². The van der Waals surface area contributed by atoms with Crippen LogP contribution in [0.3, 0.4) is 0 Å². The van der Waals surface area contributed by atoms with Crippen LogP contribution >= 0.6 is 27.5 Å². The van der Waals surface area contributed by atoms with Crippen LogP contribution in [0.4, 0.5) is 11.4 Å². The Bertz CT molecular complexity index is 677. The third-order valence-electron chi connectivity index (χ3n) is 2.74. The summed E-state index contributed by atoms with van der Waals surface area (Å²) in [6, 6.07) is 10.5. The fourth-order valence-electron chi connectivity index (χ4n) is 1.69. The SMILES string of the molecule is Cc1ccc(OCC(=O)Nc2cc(Cl)ccc2N)c(Br)c1. The first-order valence-corrected chi connectivity index (χ1v) is 7.36. The third-order valence-corrected chi connectivity index (χ3v) is 3.59. The van der Waals surface area contributed by atoms with E-state index < -0.39 is 0 Å². The van der Waals surface area contributed by atoms with Crippen LogP contribution < -0.4 is 15.8 Å². The Morgan fingerprint density at radius 2 is 2.10 bits per heavy atom. The van der Waals surface area contributed by atoms with E-state index in [0.717, 1.165) is 10.0 Å². The zero-order chi connectivity index (χ0) is 15.4. The Morgan fingerprint density at radius 3 is 2.81 bits per heavy atom. The van der Waals surface area contributed by atoms with Gasteiger partial charge in [0.05, 0.1) is 15.8 Å². The number of nitrogens with one attached hydrogen (secondary N) is 1. The first-order chi connectivity index (χ1) is 9.95. The smallest absolute Gasteiger partial charge is 0.262 e. The maximum atomic E-state index is 11.9. The molecule has 3 N–H and O–H groups in total. The second-order valence-electron chi connectivity index (χ2n) is 4.50. The van der Waals surface area contributed by atoms with Crippen LogP contribution in [0.1, 0.15) is 5.56 Å². The molecule has 0 saturated heterocycles. The largest absolute Gasteiger partial charge is 0.483 e. The number of carbonyl (C=O) groups is 1. The van der Waals surface area contributed by atoms with Crippen LogP contribution in [0, 0.1) is 6.92 Å². The van der Waals surface area contributed by atoms with Crippen molar-refractivity contribution >= 4 is 44.8 Å². The Hall–Kier alpha value is -1.72. The van der Waals surface area contributed by atoms with Crippen LogP contribution in [0.15, 0.2) is 40.9 Å². The van der Waals surface area contributed by atoms with Crippen molar-refractivity contribution in [1.82, 2.24) is 0 Å². The summed E-state index contributed by atoms with van der Waals surface area (Å²) < 4.78 is 6.27. The third kappa shape index (κ3) is 4.37. The molecule has 110 valence electrons. The van der Waals surface area contributed by atoms with Crippen molar-refractivity contribution < 1.29 is 9.53 Å². The van der Waals surface area contributed by atoms with E-state index in [2.05, 4.69) is 21.2 Å². The Morgan fingerprint density at radius 1 is 1.33 bits per heavy atom. The van der Waals surface area contributed by atoms with E-state index in [0.29, 0.717) is 22.1 Å². The fourth-order valence-corrected chi connectivity index (χ4v) is 2.47. The van der Waals surface area contributed by atoms with Crippen LogP contribution in [0.25, 0.3) is 0 Å². The number of halogens is 2. The number of benzene rings is 2. The van der Waals surface area contributed by atoms with E-state index in [9.17, 15) is 4.79 Å². The number of aryl methyl sites for hydroxylation is 1. The summed E-state index contributed by atoms with van der Waals surface area (Å²) in [5.41, 5.74) is 7.79. The van der Waals surface area contributed by atoms with Gasteiger partial charge in [-0.3, -0.25) is 4.79 Å². The van der Waals surface area contributed by atoms with Gasteiger partial charge in [0.25, 0.3) is 5.91 Å². The highest BCUT2D eigenvalue weighted by Crippen LogP contribution is 2.26. The van der Waals surface area contributed by atoms with Crippen molar-refractivity contribution in [2.45, 2.75) is 6.92 Å². The molecule has 2 aromatic carbocycles. The van der Waals surface area contributed by atoms with Crippen molar-refractivity contribution in [2.75, 3.05) is 17.7 Å². The van der Waals surface area contributed by atoms with E-state index in [1.165, 1.54) is 0 Å². The van der Waals surface area contributed by atoms with E-state index in [4.69, 9.17) is 22.1 Å². The minimum absolute atomic E-state index is 0.117. The number of nitrogens with two attached hydrogens (primary N) is 1. The second kappa shape index (κ2) is 6.83. The van der Waals surface area contributed by atoms with Crippen LogP contribution in [0.5, 0.6) is 5.75 Å². The van der Waals surface area contributed by atoms with Gasteiger partial charge < -0.3 is 15.8 Å². The quantitative estimate of drug-likeness (QED) is 0.800. The molecule has 2 aromatic rings. The van der Waals surface area contributed by atoms with Crippen LogP contribution in [0.2, 0.25) is 5.02 Å². The normalized spacial score (nSPS) is 10.2. The number of carbonyl (C=O) groups excluding carboxylic acids is 1. The number of anilines is 2. The van der Waals surface area contributed by atoms with Crippen molar-refractivity contribution in [2.24, 2.45) is 0 Å². The van der Waals surface area contributed by atoms with Gasteiger partial charge in [-0.15, -0.1) is 0 Å². The van der Waals surface area contributed by atoms with Gasteiger partial charge in [0.15, 0.2) is 6.61 Å². The number of hydrogen-bond donors (Lipinski definition) is 2. The van der Waals surface area contributed by atoms with Gasteiger partial charge in [-0.2, -0.15) is 0 Å². The monoisotopic (exact) mass is 368 g/mol. The Kier molecular flexibility index (Phi) is 5.09. The van der Waals surface area contributed by atoms with Gasteiger partial charge in [0.1, 0.15) is 5.75 Å². The summed E-state index contributed by atoms with van der Waals surface area (Å²) in [6.45, 7) is 1.86. The molecule has 0 unspecified atom stereocenters. The highest BCUT2D eigenvalue weighted by atomic mass is 79.9. The molecule has 0 fully saturated rings. The summed E-state index contributed by atoms with van der Waals surface area (Å²) in [5.74, 6) is 0.297. The summed E-state index contributed by atoms with van der Waals surface area (Å²) in [7, 11) is 0. The zero-order valence-electron chi connectivity index (χ0n) is 11.3. The first-order valence-electron chi connectivity index (χ1n) is 6.19. The minimum Gasteiger partial charge on any atom is -0.483 e. The molecule has 0 bridgehead atoms. The van der Waals surface area contributed by atoms with E-state index >= 15 is 0 Å². The molecule has 0 aromatic heterocycles. The fraction of sp³-hybridized carbons (Fsp3) is 0.133. The number of nitrogen functional groups attached to an aromatic ring is 1. The van der Waals surface area contributed by atoms with Crippen molar-refractivity contribution in [3.63, 3.8) is 0 Å². The lowest BCUT2D eigenvalue weighted by molar-refractivity contribution is -0.118. The highest BCUT2D eigenvalue weighted by molar-refractivity contribution is 9.10. The minimum atomic E-state index is -0.309. The standard InChI is InChI=1S/C15H14BrClN2O2/c1-9-2-5-14(11(16)6-9)21-8-15(20)19-13-7-10(17)3-4-12(13)18/h2-7H,8,18H2,1H3,(H,19,20). The van der Waals surface area contributed by atoms with E-state index in [1.807, 2.05) is 19.1 Å².